The SMILES string of the molecule is O=C(NCC1CC1)c1cc([N+](=O)[O-])cc(Cl)c1Cl. The molecule has 1 aromatic carbocycles. The molecule has 5 nitrogen and oxygen atoms in total. The number of nitro benzene ring substituents is 1. The first-order valence-corrected chi connectivity index (χ1v) is 6.16. The minimum absolute atomic E-state index is 0.00226. The maximum atomic E-state index is 11.8. The number of amides is 1. The standard InChI is InChI=1S/C11H10Cl2N2O3/c12-9-4-7(15(17)18)3-8(10(9)13)11(16)14-5-6-1-2-6/h3-4,6H,1-2,5H2,(H,14,16). The lowest BCUT2D eigenvalue weighted by Crippen LogP contribution is -2.25. The van der Waals surface area contributed by atoms with Gasteiger partial charge in [-0.1, -0.05) is 23.2 Å². The quantitative estimate of drug-likeness (QED) is 0.684. The summed E-state index contributed by atoms with van der Waals surface area (Å²) in [6.45, 7) is 0.565. The number of hydrogen-bond acceptors (Lipinski definition) is 3. The van der Waals surface area contributed by atoms with Crippen LogP contribution in [0.5, 0.6) is 0 Å². The van der Waals surface area contributed by atoms with Crippen LogP contribution in [0.2, 0.25) is 10.0 Å². The van der Waals surface area contributed by atoms with Gasteiger partial charge in [-0.15, -0.1) is 0 Å². The van der Waals surface area contributed by atoms with Crippen LogP contribution in [0.25, 0.3) is 0 Å². The van der Waals surface area contributed by atoms with E-state index in [-0.39, 0.29) is 21.3 Å². The van der Waals surface area contributed by atoms with Crippen LogP contribution >= 0.6 is 23.2 Å². The highest BCUT2D eigenvalue weighted by Crippen LogP contribution is 2.31. The summed E-state index contributed by atoms with van der Waals surface area (Å²) < 4.78 is 0. The van der Waals surface area contributed by atoms with Crippen LogP contribution < -0.4 is 5.32 Å². The van der Waals surface area contributed by atoms with Crippen LogP contribution in [0.1, 0.15) is 23.2 Å². The molecule has 7 heteroatoms. The second-order valence-electron chi connectivity index (χ2n) is 4.20. The molecule has 2 rings (SSSR count). The molecule has 18 heavy (non-hydrogen) atoms. The molecule has 0 aromatic heterocycles. The number of nitrogens with zero attached hydrogens (tertiary/aromatic N) is 1. The van der Waals surface area contributed by atoms with E-state index < -0.39 is 10.8 Å². The Kier molecular flexibility index (Phi) is 3.73. The topological polar surface area (TPSA) is 72.2 Å². The Morgan fingerprint density at radius 1 is 1.44 bits per heavy atom. The van der Waals surface area contributed by atoms with Gasteiger partial charge in [0.25, 0.3) is 11.6 Å². The summed E-state index contributed by atoms with van der Waals surface area (Å²) in [5.74, 6) is 0.0828. The molecule has 1 aliphatic rings. The monoisotopic (exact) mass is 288 g/mol. The third-order valence-corrected chi connectivity index (χ3v) is 3.52. The number of nitrogens with one attached hydrogen (secondary N) is 1. The van der Waals surface area contributed by atoms with Crippen LogP contribution in [0.4, 0.5) is 5.69 Å². The molecule has 0 bridgehead atoms. The number of rotatable bonds is 4. The lowest BCUT2D eigenvalue weighted by molar-refractivity contribution is -0.384. The molecular formula is C11H10Cl2N2O3. The molecular weight excluding hydrogens is 279 g/mol. The summed E-state index contributed by atoms with van der Waals surface area (Å²) in [5.41, 5.74) is -0.211. The van der Waals surface area contributed by atoms with Gasteiger partial charge < -0.3 is 5.32 Å². The molecule has 1 fully saturated rings. The number of nitro groups is 1. The molecule has 1 aromatic rings. The first kappa shape index (κ1) is 13.1. The van der Waals surface area contributed by atoms with Gasteiger partial charge in [0.2, 0.25) is 0 Å². The van der Waals surface area contributed by atoms with E-state index in [9.17, 15) is 14.9 Å². The van der Waals surface area contributed by atoms with E-state index in [4.69, 9.17) is 23.2 Å². The Bertz CT molecular complexity index is 515. The average Bonchev–Trinajstić information content (AvgIpc) is 3.13. The molecule has 0 saturated heterocycles. The zero-order chi connectivity index (χ0) is 13.3. The third-order valence-electron chi connectivity index (χ3n) is 2.72. The van der Waals surface area contributed by atoms with Gasteiger partial charge in [-0.05, 0) is 18.8 Å². The molecule has 0 aliphatic heterocycles. The van der Waals surface area contributed by atoms with Crippen molar-refractivity contribution in [2.24, 2.45) is 5.92 Å². The normalized spacial score (nSPS) is 14.3. The van der Waals surface area contributed by atoms with Gasteiger partial charge in [-0.3, -0.25) is 14.9 Å². The van der Waals surface area contributed by atoms with E-state index in [1.807, 2.05) is 0 Å². The zero-order valence-electron chi connectivity index (χ0n) is 9.28. The van der Waals surface area contributed by atoms with E-state index in [1.165, 1.54) is 0 Å². The third kappa shape index (κ3) is 2.91. The summed E-state index contributed by atoms with van der Waals surface area (Å²) in [5, 5.41) is 13.4. The molecule has 0 spiro atoms. The number of halogens is 2. The Balaban J connectivity index is 2.23. The second kappa shape index (κ2) is 5.12. The van der Waals surface area contributed by atoms with Gasteiger partial charge >= 0.3 is 0 Å². The summed E-state index contributed by atoms with van der Waals surface area (Å²) in [6.07, 6.45) is 2.20. The maximum Gasteiger partial charge on any atom is 0.271 e. The van der Waals surface area contributed by atoms with Crippen molar-refractivity contribution in [1.82, 2.24) is 5.32 Å². The van der Waals surface area contributed by atoms with Crippen LogP contribution in [0.3, 0.4) is 0 Å². The fourth-order valence-corrected chi connectivity index (χ4v) is 1.91. The second-order valence-corrected chi connectivity index (χ2v) is 4.98. The summed E-state index contributed by atoms with van der Waals surface area (Å²) in [6, 6.07) is 2.26. The fraction of sp³-hybridized carbons (Fsp3) is 0.364. The lowest BCUT2D eigenvalue weighted by Gasteiger charge is -2.07. The molecule has 0 atom stereocenters. The number of benzene rings is 1. The summed E-state index contributed by atoms with van der Waals surface area (Å²) >= 11 is 11.6. The highest BCUT2D eigenvalue weighted by atomic mass is 35.5. The number of hydrogen-bond donors (Lipinski definition) is 1. The molecule has 1 saturated carbocycles. The molecule has 1 N–H and O–H groups in total. The van der Waals surface area contributed by atoms with E-state index in [0.29, 0.717) is 12.5 Å². The van der Waals surface area contributed by atoms with Crippen molar-refractivity contribution in [2.75, 3.05) is 6.54 Å². The van der Waals surface area contributed by atoms with E-state index in [2.05, 4.69) is 5.32 Å². The van der Waals surface area contributed by atoms with Crippen LogP contribution in [-0.2, 0) is 0 Å². The van der Waals surface area contributed by atoms with Gasteiger partial charge in [0.1, 0.15) is 0 Å². The van der Waals surface area contributed by atoms with Crippen molar-refractivity contribution in [3.05, 3.63) is 37.9 Å². The molecule has 1 aliphatic carbocycles. The molecule has 96 valence electrons. The summed E-state index contributed by atoms with van der Waals surface area (Å²) in [7, 11) is 0. The lowest BCUT2D eigenvalue weighted by atomic mass is 10.2. The number of carbonyl (C=O) groups excluding carboxylic acids is 1. The average molecular weight is 289 g/mol. The molecule has 0 unspecified atom stereocenters. The number of carbonyl (C=O) groups is 1. The minimum atomic E-state index is -0.611. The summed E-state index contributed by atoms with van der Waals surface area (Å²) in [4.78, 5) is 21.9. The highest BCUT2D eigenvalue weighted by molar-refractivity contribution is 6.44. The molecule has 0 radical (unpaired) electrons. The molecule has 1 amide bonds. The van der Waals surface area contributed by atoms with Gasteiger partial charge in [0.05, 0.1) is 20.5 Å². The predicted octanol–water partition coefficient (Wildman–Crippen LogP) is 3.04. The van der Waals surface area contributed by atoms with Gasteiger partial charge in [0.15, 0.2) is 0 Å². The number of non-ortho nitro benzene ring substituents is 1. The Morgan fingerprint density at radius 3 is 2.67 bits per heavy atom. The van der Waals surface area contributed by atoms with Crippen molar-refractivity contribution in [3.63, 3.8) is 0 Å². The van der Waals surface area contributed by atoms with Crippen LogP contribution in [-0.4, -0.2) is 17.4 Å². The zero-order valence-corrected chi connectivity index (χ0v) is 10.8. The largest absolute Gasteiger partial charge is 0.352 e. The predicted molar refractivity (Wildman–Crippen MR) is 68.2 cm³/mol. The first-order valence-electron chi connectivity index (χ1n) is 5.40. The van der Waals surface area contributed by atoms with Gasteiger partial charge in [0, 0.05) is 18.7 Å². The highest BCUT2D eigenvalue weighted by Gasteiger charge is 2.24. The van der Waals surface area contributed by atoms with E-state index in [0.717, 1.165) is 25.0 Å². The maximum absolute atomic E-state index is 11.8. The first-order chi connectivity index (χ1) is 8.49. The molecule has 0 heterocycles. The minimum Gasteiger partial charge on any atom is -0.352 e. The smallest absolute Gasteiger partial charge is 0.271 e. The Morgan fingerprint density at radius 2 is 2.11 bits per heavy atom. The van der Waals surface area contributed by atoms with E-state index in [1.54, 1.807) is 0 Å². The van der Waals surface area contributed by atoms with Crippen molar-refractivity contribution in [1.29, 1.82) is 0 Å². The fourth-order valence-electron chi connectivity index (χ4n) is 1.50. The Hall–Kier alpha value is -1.33. The van der Waals surface area contributed by atoms with E-state index >= 15 is 0 Å². The van der Waals surface area contributed by atoms with Crippen molar-refractivity contribution in [2.45, 2.75) is 12.8 Å². The van der Waals surface area contributed by atoms with Crippen molar-refractivity contribution in [3.8, 4) is 0 Å². The van der Waals surface area contributed by atoms with Crippen molar-refractivity contribution >= 4 is 34.8 Å². The van der Waals surface area contributed by atoms with Crippen molar-refractivity contribution < 1.29 is 9.72 Å². The van der Waals surface area contributed by atoms with Gasteiger partial charge in [-0.25, -0.2) is 0 Å². The van der Waals surface area contributed by atoms with Crippen LogP contribution in [0, 0.1) is 16.0 Å². The van der Waals surface area contributed by atoms with Gasteiger partial charge in [-0.2, -0.15) is 0 Å². The Labute approximate surface area is 113 Å². The van der Waals surface area contributed by atoms with Crippen LogP contribution in [0.15, 0.2) is 12.1 Å².